The van der Waals surface area contributed by atoms with Gasteiger partial charge < -0.3 is 4.98 Å². The third-order valence-corrected chi connectivity index (χ3v) is 4.61. The van der Waals surface area contributed by atoms with Gasteiger partial charge in [0.1, 0.15) is 0 Å². The van der Waals surface area contributed by atoms with Crippen LogP contribution in [-0.2, 0) is 0 Å². The molecule has 0 saturated carbocycles. The first-order valence-corrected chi connectivity index (χ1v) is 8.08. The van der Waals surface area contributed by atoms with Crippen LogP contribution >= 0.6 is 23.4 Å². The van der Waals surface area contributed by atoms with Gasteiger partial charge in [-0.2, -0.15) is 0 Å². The van der Waals surface area contributed by atoms with E-state index in [0.717, 1.165) is 37.7 Å². The first-order chi connectivity index (χ1) is 10.7. The summed E-state index contributed by atoms with van der Waals surface area (Å²) in [5.41, 5.74) is 3.94. The number of hydrogen-bond acceptors (Lipinski definition) is 3. The molecule has 0 aliphatic carbocycles. The third kappa shape index (κ3) is 2.45. The van der Waals surface area contributed by atoms with Crippen LogP contribution in [0.2, 0.25) is 5.02 Å². The van der Waals surface area contributed by atoms with Gasteiger partial charge in [-0.1, -0.05) is 35.5 Å². The fourth-order valence-corrected chi connectivity index (χ4v) is 3.65. The Labute approximate surface area is 136 Å². The summed E-state index contributed by atoms with van der Waals surface area (Å²) in [4.78, 5) is 13.6. The first-order valence-electron chi connectivity index (χ1n) is 6.88. The minimum absolute atomic E-state index is 0.713. The number of aromatic amines is 1. The molecule has 0 bridgehead atoms. The Kier molecular flexibility index (Phi) is 3.28. The van der Waals surface area contributed by atoms with Crippen LogP contribution in [0.25, 0.3) is 21.9 Å². The SMILES string of the molecule is Cc1cc(Sc2nc3ccccc3[nH]2)c2cc(Cl)ccc2n1. The van der Waals surface area contributed by atoms with Crippen molar-refractivity contribution in [3.8, 4) is 0 Å². The maximum Gasteiger partial charge on any atom is 0.171 e. The predicted octanol–water partition coefficient (Wildman–Crippen LogP) is 5.22. The molecule has 108 valence electrons. The number of hydrogen-bond donors (Lipinski definition) is 1. The Bertz CT molecular complexity index is 961. The van der Waals surface area contributed by atoms with E-state index in [2.05, 4.69) is 21.0 Å². The number of nitrogens with one attached hydrogen (secondary N) is 1. The molecule has 2 aromatic carbocycles. The quantitative estimate of drug-likeness (QED) is 0.549. The zero-order chi connectivity index (χ0) is 15.1. The largest absolute Gasteiger partial charge is 0.333 e. The van der Waals surface area contributed by atoms with Crippen LogP contribution < -0.4 is 0 Å². The molecule has 0 amide bonds. The van der Waals surface area contributed by atoms with Crippen molar-refractivity contribution in [2.75, 3.05) is 0 Å². The zero-order valence-electron chi connectivity index (χ0n) is 11.8. The molecule has 0 aliphatic heterocycles. The van der Waals surface area contributed by atoms with Crippen molar-refractivity contribution in [2.45, 2.75) is 17.0 Å². The number of aryl methyl sites for hydroxylation is 1. The van der Waals surface area contributed by atoms with Crippen LogP contribution in [0.1, 0.15) is 5.69 Å². The van der Waals surface area contributed by atoms with E-state index < -0.39 is 0 Å². The van der Waals surface area contributed by atoms with Crippen molar-refractivity contribution in [2.24, 2.45) is 0 Å². The molecule has 0 radical (unpaired) electrons. The van der Waals surface area contributed by atoms with Gasteiger partial charge in [0.2, 0.25) is 0 Å². The summed E-state index contributed by atoms with van der Waals surface area (Å²) in [6, 6.07) is 15.9. The van der Waals surface area contributed by atoms with Gasteiger partial charge in [-0.25, -0.2) is 4.98 Å². The summed E-state index contributed by atoms with van der Waals surface area (Å²) >= 11 is 7.74. The average molecular weight is 326 g/mol. The van der Waals surface area contributed by atoms with Gasteiger partial charge in [0.25, 0.3) is 0 Å². The Morgan fingerprint density at radius 2 is 1.86 bits per heavy atom. The van der Waals surface area contributed by atoms with E-state index >= 15 is 0 Å². The van der Waals surface area contributed by atoms with Gasteiger partial charge in [-0.15, -0.1) is 0 Å². The molecule has 0 unspecified atom stereocenters. The van der Waals surface area contributed by atoms with Crippen LogP contribution in [0.4, 0.5) is 0 Å². The summed E-state index contributed by atoms with van der Waals surface area (Å²) in [6.07, 6.45) is 0. The normalized spacial score (nSPS) is 11.4. The van der Waals surface area contributed by atoms with Crippen molar-refractivity contribution >= 4 is 45.3 Å². The van der Waals surface area contributed by atoms with E-state index in [1.54, 1.807) is 11.8 Å². The smallest absolute Gasteiger partial charge is 0.171 e. The molecule has 4 aromatic rings. The van der Waals surface area contributed by atoms with Crippen LogP contribution in [-0.4, -0.2) is 15.0 Å². The van der Waals surface area contributed by atoms with E-state index in [1.165, 1.54) is 0 Å². The number of nitrogens with zero attached hydrogens (tertiary/aromatic N) is 2. The standard InChI is InChI=1S/C17H12ClN3S/c1-10-8-16(12-9-11(18)6-7-13(12)19-10)22-17-20-14-4-2-3-5-15(14)21-17/h2-9H,1H3,(H,20,21). The number of H-pyrrole nitrogens is 1. The van der Waals surface area contributed by atoms with E-state index in [4.69, 9.17) is 11.6 Å². The Hall–Kier alpha value is -2.04. The average Bonchev–Trinajstić information content (AvgIpc) is 2.90. The zero-order valence-corrected chi connectivity index (χ0v) is 13.4. The molecule has 0 aliphatic rings. The summed E-state index contributed by atoms with van der Waals surface area (Å²) in [6.45, 7) is 2.00. The van der Waals surface area contributed by atoms with E-state index in [9.17, 15) is 0 Å². The summed E-state index contributed by atoms with van der Waals surface area (Å²) in [7, 11) is 0. The van der Waals surface area contributed by atoms with Crippen molar-refractivity contribution in [1.29, 1.82) is 0 Å². The first kappa shape index (κ1) is 13.6. The summed E-state index contributed by atoms with van der Waals surface area (Å²) in [5.74, 6) is 0. The van der Waals surface area contributed by atoms with E-state index in [0.29, 0.717) is 5.02 Å². The molecular formula is C17H12ClN3S. The monoisotopic (exact) mass is 325 g/mol. The van der Waals surface area contributed by atoms with E-state index in [1.807, 2.05) is 49.4 Å². The summed E-state index contributed by atoms with van der Waals surface area (Å²) < 4.78 is 0. The molecule has 2 aromatic heterocycles. The van der Waals surface area contributed by atoms with Gasteiger partial charge in [0.15, 0.2) is 5.16 Å². The number of imidazole rings is 1. The molecule has 1 N–H and O–H groups in total. The van der Waals surface area contributed by atoms with E-state index in [-0.39, 0.29) is 0 Å². The van der Waals surface area contributed by atoms with Crippen molar-refractivity contribution < 1.29 is 0 Å². The Morgan fingerprint density at radius 1 is 1.00 bits per heavy atom. The third-order valence-electron chi connectivity index (χ3n) is 3.44. The molecule has 0 spiro atoms. The van der Waals surface area contributed by atoms with Gasteiger partial charge in [-0.3, -0.25) is 4.98 Å². The van der Waals surface area contributed by atoms with Gasteiger partial charge in [-0.05, 0) is 43.3 Å². The van der Waals surface area contributed by atoms with Gasteiger partial charge in [0, 0.05) is 21.0 Å². The van der Waals surface area contributed by atoms with Gasteiger partial charge in [0.05, 0.1) is 16.6 Å². The number of aromatic nitrogens is 3. The summed E-state index contributed by atoms with van der Waals surface area (Å²) in [5, 5.41) is 2.63. The maximum absolute atomic E-state index is 6.14. The number of halogens is 1. The minimum Gasteiger partial charge on any atom is -0.333 e. The highest BCUT2D eigenvalue weighted by Gasteiger charge is 2.09. The molecule has 2 heterocycles. The predicted molar refractivity (Wildman–Crippen MR) is 91.7 cm³/mol. The highest BCUT2D eigenvalue weighted by Crippen LogP contribution is 2.34. The van der Waals surface area contributed by atoms with Crippen LogP contribution in [0.3, 0.4) is 0 Å². The second-order valence-electron chi connectivity index (χ2n) is 5.08. The number of pyridine rings is 1. The second kappa shape index (κ2) is 5.30. The van der Waals surface area contributed by atoms with Crippen molar-refractivity contribution in [3.63, 3.8) is 0 Å². The fraction of sp³-hybridized carbons (Fsp3) is 0.0588. The molecule has 4 rings (SSSR count). The lowest BCUT2D eigenvalue weighted by molar-refractivity contribution is 1.08. The minimum atomic E-state index is 0.713. The molecule has 22 heavy (non-hydrogen) atoms. The molecule has 5 heteroatoms. The lowest BCUT2D eigenvalue weighted by Crippen LogP contribution is -1.87. The Balaban J connectivity index is 1.84. The number of benzene rings is 2. The number of rotatable bonds is 2. The Morgan fingerprint density at radius 3 is 2.73 bits per heavy atom. The highest BCUT2D eigenvalue weighted by atomic mass is 35.5. The highest BCUT2D eigenvalue weighted by molar-refractivity contribution is 7.99. The van der Waals surface area contributed by atoms with Crippen molar-refractivity contribution in [1.82, 2.24) is 15.0 Å². The second-order valence-corrected chi connectivity index (χ2v) is 6.55. The molecule has 0 fully saturated rings. The molecular weight excluding hydrogens is 314 g/mol. The van der Waals surface area contributed by atoms with Crippen LogP contribution in [0, 0.1) is 6.92 Å². The molecule has 0 saturated heterocycles. The van der Waals surface area contributed by atoms with Crippen LogP contribution in [0.5, 0.6) is 0 Å². The topological polar surface area (TPSA) is 41.6 Å². The lowest BCUT2D eigenvalue weighted by atomic mass is 10.2. The molecule has 0 atom stereocenters. The fourth-order valence-electron chi connectivity index (χ4n) is 2.46. The maximum atomic E-state index is 6.14. The van der Waals surface area contributed by atoms with Gasteiger partial charge >= 0.3 is 0 Å². The number of fused-ring (bicyclic) bond motifs is 2. The van der Waals surface area contributed by atoms with Crippen molar-refractivity contribution in [3.05, 3.63) is 59.2 Å². The van der Waals surface area contributed by atoms with Crippen LogP contribution in [0.15, 0.2) is 58.6 Å². The number of para-hydroxylation sites is 2. The molecule has 3 nitrogen and oxygen atoms in total. The lowest BCUT2D eigenvalue weighted by Gasteiger charge is -2.06.